The molecule has 88 valence electrons. The lowest BCUT2D eigenvalue weighted by Gasteiger charge is -2.22. The Bertz CT molecular complexity index is 427. The quantitative estimate of drug-likeness (QED) is 0.586. The van der Waals surface area contributed by atoms with Crippen LogP contribution in [0.5, 0.6) is 0 Å². The van der Waals surface area contributed by atoms with Crippen LogP contribution in [0.15, 0.2) is 12.1 Å². The molecule has 0 aliphatic rings. The minimum Gasteiger partial charge on any atom is -0.293 e. The third kappa shape index (κ3) is 2.59. The number of benzene rings is 1. The summed E-state index contributed by atoms with van der Waals surface area (Å²) >= 11 is 12.2. The molecule has 0 aliphatic carbocycles. The van der Waals surface area contributed by atoms with E-state index >= 15 is 0 Å². The number of hydrogen-bond donors (Lipinski definition) is 0. The van der Waals surface area contributed by atoms with Gasteiger partial charge in [-0.05, 0) is 31.9 Å². The van der Waals surface area contributed by atoms with Crippen LogP contribution in [0.2, 0.25) is 10.0 Å². The number of aryl methyl sites for hydroxylation is 1. The van der Waals surface area contributed by atoms with Crippen molar-refractivity contribution >= 4 is 38.2 Å². The summed E-state index contributed by atoms with van der Waals surface area (Å²) in [5.41, 5.74) is 1.30. The van der Waals surface area contributed by atoms with Crippen molar-refractivity contribution in [3.05, 3.63) is 33.3 Å². The van der Waals surface area contributed by atoms with Gasteiger partial charge >= 0.3 is 0 Å². The van der Waals surface area contributed by atoms with Crippen molar-refractivity contribution < 1.29 is 4.79 Å². The van der Waals surface area contributed by atoms with Crippen LogP contribution in [0, 0.1) is 6.92 Å². The Morgan fingerprint density at radius 3 is 2.50 bits per heavy atom. The van der Waals surface area contributed by atoms with Crippen LogP contribution in [-0.2, 0) is 0 Å². The fourth-order valence-corrected chi connectivity index (χ4v) is 2.00. The Morgan fingerprint density at radius 1 is 1.44 bits per heavy atom. The molecule has 0 heterocycles. The Labute approximate surface area is 109 Å². The molecule has 0 spiro atoms. The lowest BCUT2D eigenvalue weighted by molar-refractivity contribution is 0.0948. The fraction of sp³-hybridized carbons (Fsp3) is 0.417. The molecule has 2 atom stereocenters. The van der Waals surface area contributed by atoms with Crippen molar-refractivity contribution in [2.24, 2.45) is 0 Å². The second kappa shape index (κ2) is 5.04. The SMILES string of the molecule is CCC(C)(P)C(=O)c1c(Cl)ccc(C)c1Cl. The van der Waals surface area contributed by atoms with Crippen molar-refractivity contribution in [1.82, 2.24) is 0 Å². The van der Waals surface area contributed by atoms with E-state index in [1.165, 1.54) is 0 Å². The van der Waals surface area contributed by atoms with E-state index in [1.807, 2.05) is 26.8 Å². The molecule has 0 radical (unpaired) electrons. The zero-order valence-electron chi connectivity index (χ0n) is 9.60. The summed E-state index contributed by atoms with van der Waals surface area (Å²) in [6.45, 7) is 5.69. The lowest BCUT2D eigenvalue weighted by Crippen LogP contribution is -2.28. The Morgan fingerprint density at radius 2 is 2.00 bits per heavy atom. The van der Waals surface area contributed by atoms with Gasteiger partial charge in [0.2, 0.25) is 0 Å². The average molecular weight is 277 g/mol. The van der Waals surface area contributed by atoms with Crippen LogP contribution in [0.1, 0.15) is 36.2 Å². The zero-order chi connectivity index (χ0) is 12.5. The van der Waals surface area contributed by atoms with Gasteiger partial charge in [-0.3, -0.25) is 4.79 Å². The number of ketones is 1. The first-order valence-corrected chi connectivity index (χ1v) is 6.43. The molecule has 1 aromatic carbocycles. The van der Waals surface area contributed by atoms with Gasteiger partial charge in [0.25, 0.3) is 0 Å². The molecule has 0 saturated heterocycles. The molecule has 0 amide bonds. The summed E-state index contributed by atoms with van der Waals surface area (Å²) in [7, 11) is 2.57. The minimum absolute atomic E-state index is 0.0290. The number of rotatable bonds is 3. The van der Waals surface area contributed by atoms with Gasteiger partial charge in [-0.2, -0.15) is 0 Å². The zero-order valence-corrected chi connectivity index (χ0v) is 12.3. The van der Waals surface area contributed by atoms with E-state index < -0.39 is 5.16 Å². The number of carbonyl (C=O) groups excluding carboxylic acids is 1. The van der Waals surface area contributed by atoms with Crippen LogP contribution in [0.25, 0.3) is 0 Å². The second-order valence-corrected chi connectivity index (χ2v) is 6.21. The van der Waals surface area contributed by atoms with E-state index in [0.29, 0.717) is 15.6 Å². The van der Waals surface area contributed by atoms with E-state index in [-0.39, 0.29) is 5.78 Å². The van der Waals surface area contributed by atoms with Crippen molar-refractivity contribution in [2.75, 3.05) is 0 Å². The van der Waals surface area contributed by atoms with Gasteiger partial charge in [0.15, 0.2) is 5.78 Å². The highest BCUT2D eigenvalue weighted by atomic mass is 35.5. The summed E-state index contributed by atoms with van der Waals surface area (Å²) in [6.07, 6.45) is 0.719. The smallest absolute Gasteiger partial charge is 0.175 e. The Hall–Kier alpha value is -0.100. The number of hydrogen-bond acceptors (Lipinski definition) is 1. The highest BCUT2D eigenvalue weighted by molar-refractivity contribution is 7.21. The maximum absolute atomic E-state index is 12.3. The predicted molar refractivity (Wildman–Crippen MR) is 73.9 cm³/mol. The molecule has 4 heteroatoms. The van der Waals surface area contributed by atoms with Crippen molar-refractivity contribution in [1.29, 1.82) is 0 Å². The van der Waals surface area contributed by atoms with Crippen molar-refractivity contribution in [3.8, 4) is 0 Å². The van der Waals surface area contributed by atoms with Crippen LogP contribution in [0.4, 0.5) is 0 Å². The predicted octanol–water partition coefficient (Wildman–Crippen LogP) is 4.53. The highest BCUT2D eigenvalue weighted by Gasteiger charge is 2.30. The van der Waals surface area contributed by atoms with E-state index in [1.54, 1.807) is 6.07 Å². The molecule has 0 saturated carbocycles. The Balaban J connectivity index is 3.34. The second-order valence-electron chi connectivity index (χ2n) is 4.15. The molecular formula is C12H15Cl2OP. The van der Waals surface area contributed by atoms with Crippen LogP contribution >= 0.6 is 32.4 Å². The number of carbonyl (C=O) groups is 1. The normalized spacial score (nSPS) is 14.6. The summed E-state index contributed by atoms with van der Waals surface area (Å²) in [5.74, 6) is -0.0290. The highest BCUT2D eigenvalue weighted by Crippen LogP contribution is 2.35. The summed E-state index contributed by atoms with van der Waals surface area (Å²) in [5, 5.41) is 0.364. The molecule has 0 fully saturated rings. The standard InChI is InChI=1S/C12H15Cl2OP/c1-4-12(3,16)11(15)9-8(13)6-5-7(2)10(9)14/h5-6H,4,16H2,1-3H3. The summed E-state index contributed by atoms with van der Waals surface area (Å²) in [6, 6.07) is 3.53. The molecule has 1 nitrogen and oxygen atoms in total. The van der Waals surface area contributed by atoms with E-state index in [0.717, 1.165) is 12.0 Å². The summed E-state index contributed by atoms with van der Waals surface area (Å²) < 4.78 is 0. The maximum Gasteiger partial charge on any atom is 0.175 e. The van der Waals surface area contributed by atoms with Gasteiger partial charge in [-0.1, -0.05) is 36.2 Å². The van der Waals surface area contributed by atoms with Gasteiger partial charge in [-0.25, -0.2) is 0 Å². The van der Waals surface area contributed by atoms with E-state index in [2.05, 4.69) is 9.24 Å². The first-order valence-electron chi connectivity index (χ1n) is 5.09. The maximum atomic E-state index is 12.3. The van der Waals surface area contributed by atoms with Gasteiger partial charge < -0.3 is 0 Å². The molecule has 0 aromatic heterocycles. The van der Waals surface area contributed by atoms with E-state index in [4.69, 9.17) is 23.2 Å². The largest absolute Gasteiger partial charge is 0.293 e. The van der Waals surface area contributed by atoms with Crippen LogP contribution in [0.3, 0.4) is 0 Å². The van der Waals surface area contributed by atoms with Crippen molar-refractivity contribution in [3.63, 3.8) is 0 Å². The molecule has 2 unspecified atom stereocenters. The van der Waals surface area contributed by atoms with Crippen molar-refractivity contribution in [2.45, 2.75) is 32.3 Å². The Kier molecular flexibility index (Phi) is 4.40. The molecule has 16 heavy (non-hydrogen) atoms. The first kappa shape index (κ1) is 14.0. The lowest BCUT2D eigenvalue weighted by atomic mass is 9.95. The number of Topliss-reactive ketones (excluding diaryl/α,β-unsaturated/α-hetero) is 1. The monoisotopic (exact) mass is 276 g/mol. The topological polar surface area (TPSA) is 17.1 Å². The molecule has 0 bridgehead atoms. The fourth-order valence-electron chi connectivity index (χ4n) is 1.31. The average Bonchev–Trinajstić information content (AvgIpc) is 2.24. The van der Waals surface area contributed by atoms with Crippen LogP contribution < -0.4 is 0 Å². The van der Waals surface area contributed by atoms with Gasteiger partial charge in [0.05, 0.1) is 15.6 Å². The first-order chi connectivity index (χ1) is 7.31. The van der Waals surface area contributed by atoms with Crippen LogP contribution in [-0.4, -0.2) is 10.9 Å². The van der Waals surface area contributed by atoms with E-state index in [9.17, 15) is 4.79 Å². The third-order valence-corrected chi connectivity index (χ3v) is 4.24. The van der Waals surface area contributed by atoms with Gasteiger partial charge in [-0.15, -0.1) is 9.24 Å². The van der Waals surface area contributed by atoms with Gasteiger partial charge in [0, 0.05) is 5.16 Å². The minimum atomic E-state index is -0.513. The third-order valence-electron chi connectivity index (χ3n) is 2.76. The molecular weight excluding hydrogens is 262 g/mol. The molecule has 1 aromatic rings. The van der Waals surface area contributed by atoms with Gasteiger partial charge in [0.1, 0.15) is 0 Å². The summed E-state index contributed by atoms with van der Waals surface area (Å²) in [4.78, 5) is 12.3. The molecule has 0 N–H and O–H groups in total. The molecule has 1 rings (SSSR count). The number of halogens is 2. The molecule has 0 aliphatic heterocycles.